The summed E-state index contributed by atoms with van der Waals surface area (Å²) in [6.07, 6.45) is 0. The number of ether oxygens (including phenoxy) is 2. The number of hydrogen-bond donors (Lipinski definition) is 2. The Morgan fingerprint density at radius 2 is 1.67 bits per heavy atom. The number of aromatic hydroxyl groups is 1. The van der Waals surface area contributed by atoms with E-state index in [1.54, 1.807) is 30.3 Å². The van der Waals surface area contributed by atoms with Crippen LogP contribution in [0.5, 0.6) is 17.2 Å². The number of carbonyl (C=O) groups is 1. The van der Waals surface area contributed by atoms with Gasteiger partial charge in [0.1, 0.15) is 12.4 Å². The highest BCUT2D eigenvalue weighted by Gasteiger charge is 2.12. The average molecular weight is 363 g/mol. The van der Waals surface area contributed by atoms with E-state index in [0.717, 1.165) is 5.56 Å². The van der Waals surface area contributed by atoms with Crippen molar-refractivity contribution in [2.75, 3.05) is 12.4 Å². The summed E-state index contributed by atoms with van der Waals surface area (Å²) in [6, 6.07) is 19.4. The first-order chi connectivity index (χ1) is 13.0. The molecule has 0 unspecified atom stereocenters. The van der Waals surface area contributed by atoms with Crippen LogP contribution in [-0.2, 0) is 6.61 Å². The van der Waals surface area contributed by atoms with Crippen LogP contribution in [0, 0.1) is 6.92 Å². The van der Waals surface area contributed by atoms with E-state index in [1.165, 1.54) is 24.8 Å². The largest absolute Gasteiger partial charge is 0.508 e. The molecule has 5 heteroatoms. The van der Waals surface area contributed by atoms with Gasteiger partial charge in [-0.1, -0.05) is 29.8 Å². The molecule has 0 aliphatic heterocycles. The number of aryl methyl sites for hydroxylation is 1. The summed E-state index contributed by atoms with van der Waals surface area (Å²) < 4.78 is 11.2. The predicted octanol–water partition coefficient (Wildman–Crippen LogP) is 4.54. The molecule has 2 N–H and O–H groups in total. The molecule has 1 amide bonds. The van der Waals surface area contributed by atoms with E-state index < -0.39 is 0 Å². The molecule has 0 spiro atoms. The maximum atomic E-state index is 12.4. The Kier molecular flexibility index (Phi) is 5.61. The van der Waals surface area contributed by atoms with Gasteiger partial charge >= 0.3 is 0 Å². The van der Waals surface area contributed by atoms with Crippen molar-refractivity contribution in [2.45, 2.75) is 13.5 Å². The number of hydrogen-bond acceptors (Lipinski definition) is 4. The lowest BCUT2D eigenvalue weighted by molar-refractivity contribution is 0.102. The van der Waals surface area contributed by atoms with Gasteiger partial charge in [0.2, 0.25) is 0 Å². The molecule has 3 aromatic rings. The molecule has 0 saturated carbocycles. The van der Waals surface area contributed by atoms with Crippen LogP contribution in [0.3, 0.4) is 0 Å². The number of phenols is 1. The third kappa shape index (κ3) is 4.79. The summed E-state index contributed by atoms with van der Waals surface area (Å²) in [5.41, 5.74) is 3.29. The van der Waals surface area contributed by atoms with Crippen LogP contribution in [0.2, 0.25) is 0 Å². The van der Waals surface area contributed by atoms with E-state index >= 15 is 0 Å². The van der Waals surface area contributed by atoms with Gasteiger partial charge in [0.05, 0.1) is 7.11 Å². The summed E-state index contributed by atoms with van der Waals surface area (Å²) in [4.78, 5) is 12.4. The first-order valence-corrected chi connectivity index (χ1v) is 8.52. The molecule has 0 fully saturated rings. The Bertz CT molecular complexity index is 918. The van der Waals surface area contributed by atoms with Crippen LogP contribution < -0.4 is 14.8 Å². The zero-order chi connectivity index (χ0) is 19.2. The van der Waals surface area contributed by atoms with Crippen molar-refractivity contribution in [1.29, 1.82) is 0 Å². The lowest BCUT2D eigenvalue weighted by atomic mass is 10.1. The molecule has 138 valence electrons. The third-order valence-electron chi connectivity index (χ3n) is 4.07. The fourth-order valence-electron chi connectivity index (χ4n) is 2.52. The molecule has 0 aliphatic carbocycles. The summed E-state index contributed by atoms with van der Waals surface area (Å²) in [5.74, 6) is 0.925. The van der Waals surface area contributed by atoms with Crippen LogP contribution in [0.1, 0.15) is 21.5 Å². The van der Waals surface area contributed by atoms with E-state index in [1.807, 2.05) is 31.2 Å². The molecular formula is C22H21NO4. The summed E-state index contributed by atoms with van der Waals surface area (Å²) >= 11 is 0. The average Bonchev–Trinajstić information content (AvgIpc) is 2.69. The smallest absolute Gasteiger partial charge is 0.255 e. The quantitative estimate of drug-likeness (QED) is 0.631. The minimum Gasteiger partial charge on any atom is -0.508 e. The van der Waals surface area contributed by atoms with Gasteiger partial charge in [-0.3, -0.25) is 4.79 Å². The predicted molar refractivity (Wildman–Crippen MR) is 105 cm³/mol. The maximum Gasteiger partial charge on any atom is 0.255 e. The van der Waals surface area contributed by atoms with Crippen LogP contribution in [0.4, 0.5) is 5.69 Å². The van der Waals surface area contributed by atoms with E-state index in [-0.39, 0.29) is 11.7 Å². The van der Waals surface area contributed by atoms with Crippen LogP contribution in [0.25, 0.3) is 0 Å². The lowest BCUT2D eigenvalue weighted by Crippen LogP contribution is -2.12. The van der Waals surface area contributed by atoms with Gasteiger partial charge in [0.15, 0.2) is 11.5 Å². The number of rotatable bonds is 6. The molecule has 3 aromatic carbocycles. The molecule has 3 rings (SSSR count). The number of benzene rings is 3. The van der Waals surface area contributed by atoms with Crippen molar-refractivity contribution in [2.24, 2.45) is 0 Å². The van der Waals surface area contributed by atoms with Crippen molar-refractivity contribution < 1.29 is 19.4 Å². The molecular weight excluding hydrogens is 342 g/mol. The van der Waals surface area contributed by atoms with Gasteiger partial charge in [-0.15, -0.1) is 0 Å². The highest BCUT2D eigenvalue weighted by atomic mass is 16.5. The number of amides is 1. The molecule has 5 nitrogen and oxygen atoms in total. The number of nitrogens with one attached hydrogen (secondary N) is 1. The highest BCUT2D eigenvalue weighted by molar-refractivity contribution is 6.04. The lowest BCUT2D eigenvalue weighted by Gasteiger charge is -2.13. The Balaban J connectivity index is 1.70. The Labute approximate surface area is 158 Å². The molecule has 0 radical (unpaired) electrons. The van der Waals surface area contributed by atoms with E-state index in [9.17, 15) is 9.90 Å². The second-order valence-electron chi connectivity index (χ2n) is 6.14. The second-order valence-corrected chi connectivity index (χ2v) is 6.14. The minimum absolute atomic E-state index is 0.143. The maximum absolute atomic E-state index is 12.4. The van der Waals surface area contributed by atoms with E-state index in [4.69, 9.17) is 9.47 Å². The molecule has 0 saturated heterocycles. The monoisotopic (exact) mass is 363 g/mol. The van der Waals surface area contributed by atoms with Gasteiger partial charge in [0, 0.05) is 11.3 Å². The first kappa shape index (κ1) is 18.3. The van der Waals surface area contributed by atoms with Crippen LogP contribution in [-0.4, -0.2) is 18.1 Å². The number of anilines is 1. The zero-order valence-corrected chi connectivity index (χ0v) is 15.2. The van der Waals surface area contributed by atoms with E-state index in [2.05, 4.69) is 5.32 Å². The Morgan fingerprint density at radius 1 is 0.963 bits per heavy atom. The number of phenolic OH excluding ortho intramolecular Hbond substituents is 1. The SMILES string of the molecule is COc1cc(C(=O)Nc2ccc(O)cc2)ccc1OCc1ccc(C)cc1. The summed E-state index contributed by atoms with van der Waals surface area (Å²) in [5, 5.41) is 12.1. The molecule has 0 bridgehead atoms. The fourth-order valence-corrected chi connectivity index (χ4v) is 2.52. The zero-order valence-electron chi connectivity index (χ0n) is 15.2. The van der Waals surface area contributed by atoms with Crippen molar-refractivity contribution in [1.82, 2.24) is 0 Å². The van der Waals surface area contributed by atoms with Crippen molar-refractivity contribution in [3.8, 4) is 17.2 Å². The van der Waals surface area contributed by atoms with Crippen molar-refractivity contribution >= 4 is 11.6 Å². The second kappa shape index (κ2) is 8.27. The molecule has 0 atom stereocenters. The first-order valence-electron chi connectivity index (χ1n) is 8.52. The number of carbonyl (C=O) groups excluding carboxylic acids is 1. The van der Waals surface area contributed by atoms with Gasteiger partial charge in [-0.2, -0.15) is 0 Å². The highest BCUT2D eigenvalue weighted by Crippen LogP contribution is 2.29. The van der Waals surface area contributed by atoms with E-state index in [0.29, 0.717) is 29.4 Å². The number of methoxy groups -OCH3 is 1. The molecule has 0 heterocycles. The Hall–Kier alpha value is -3.47. The third-order valence-corrected chi connectivity index (χ3v) is 4.07. The summed E-state index contributed by atoms with van der Waals surface area (Å²) in [6.45, 7) is 2.45. The standard InChI is InChI=1S/C22H21NO4/c1-15-3-5-16(6-4-15)14-27-20-12-7-17(13-21(20)26-2)22(25)23-18-8-10-19(24)11-9-18/h3-13,24H,14H2,1-2H3,(H,23,25). The summed E-state index contributed by atoms with van der Waals surface area (Å²) in [7, 11) is 1.54. The Morgan fingerprint density at radius 3 is 2.33 bits per heavy atom. The van der Waals surface area contributed by atoms with Gasteiger partial charge in [-0.05, 0) is 55.0 Å². The van der Waals surface area contributed by atoms with Crippen molar-refractivity contribution in [3.05, 3.63) is 83.4 Å². The van der Waals surface area contributed by atoms with Gasteiger partial charge in [-0.25, -0.2) is 0 Å². The van der Waals surface area contributed by atoms with Crippen molar-refractivity contribution in [3.63, 3.8) is 0 Å². The van der Waals surface area contributed by atoms with Gasteiger partial charge < -0.3 is 19.9 Å². The van der Waals surface area contributed by atoms with Crippen LogP contribution >= 0.6 is 0 Å². The topological polar surface area (TPSA) is 67.8 Å². The van der Waals surface area contributed by atoms with Gasteiger partial charge in [0.25, 0.3) is 5.91 Å². The molecule has 0 aromatic heterocycles. The van der Waals surface area contributed by atoms with Crippen LogP contribution in [0.15, 0.2) is 66.7 Å². The normalized spacial score (nSPS) is 10.3. The molecule has 27 heavy (non-hydrogen) atoms. The molecule has 0 aliphatic rings. The fraction of sp³-hybridized carbons (Fsp3) is 0.136. The minimum atomic E-state index is -0.274.